The second kappa shape index (κ2) is 7.91. The molecule has 29 heavy (non-hydrogen) atoms. The number of ether oxygens (including phenoxy) is 2. The first kappa shape index (κ1) is 19.5. The Morgan fingerprint density at radius 3 is 2.41 bits per heavy atom. The minimum Gasteiger partial charge on any atom is -0.497 e. The van der Waals surface area contributed by atoms with Crippen LogP contribution in [0, 0.1) is 5.92 Å². The van der Waals surface area contributed by atoms with Gasteiger partial charge in [-0.3, -0.25) is 9.59 Å². The van der Waals surface area contributed by atoms with E-state index in [1.807, 2.05) is 17.5 Å². The quantitative estimate of drug-likeness (QED) is 0.700. The molecule has 0 spiro atoms. The summed E-state index contributed by atoms with van der Waals surface area (Å²) >= 11 is 1.47. The molecule has 6 nitrogen and oxygen atoms in total. The molecule has 0 N–H and O–H groups in total. The highest BCUT2D eigenvalue weighted by Crippen LogP contribution is 2.41. The van der Waals surface area contributed by atoms with Crippen LogP contribution in [0.1, 0.15) is 24.6 Å². The molecule has 7 heteroatoms. The molecule has 1 saturated heterocycles. The van der Waals surface area contributed by atoms with Crippen molar-refractivity contribution in [3.05, 3.63) is 46.3 Å². The van der Waals surface area contributed by atoms with Crippen LogP contribution in [0.15, 0.2) is 41.4 Å². The van der Waals surface area contributed by atoms with Crippen LogP contribution < -0.4 is 14.4 Å². The molecular weight excluding hydrogens is 388 g/mol. The molecule has 0 saturated carbocycles. The van der Waals surface area contributed by atoms with Gasteiger partial charge in [0.1, 0.15) is 17.2 Å². The number of nitrogens with zero attached hydrogens (tertiary/aromatic N) is 2. The molecule has 2 aromatic rings. The Morgan fingerprint density at radius 1 is 1.03 bits per heavy atom. The van der Waals surface area contributed by atoms with Crippen molar-refractivity contribution in [2.75, 3.05) is 32.2 Å². The number of likely N-dealkylation sites (tertiary alicyclic amines) is 1. The number of thiophene rings is 1. The molecule has 0 aliphatic carbocycles. The van der Waals surface area contributed by atoms with Crippen LogP contribution in [0.2, 0.25) is 0 Å². The summed E-state index contributed by atoms with van der Waals surface area (Å²) in [6.07, 6.45) is 2.01. The van der Waals surface area contributed by atoms with Gasteiger partial charge in [-0.15, -0.1) is 11.3 Å². The molecule has 4 rings (SSSR count). The first-order valence-corrected chi connectivity index (χ1v) is 10.6. The largest absolute Gasteiger partial charge is 0.497 e. The number of hydrogen-bond acceptors (Lipinski definition) is 6. The number of imide groups is 1. The van der Waals surface area contributed by atoms with Gasteiger partial charge in [0.2, 0.25) is 0 Å². The van der Waals surface area contributed by atoms with E-state index in [2.05, 4.69) is 11.8 Å². The topological polar surface area (TPSA) is 59.1 Å². The Kier molecular flexibility index (Phi) is 5.32. The third-order valence-corrected chi connectivity index (χ3v) is 6.44. The summed E-state index contributed by atoms with van der Waals surface area (Å²) in [5.41, 5.74) is 1.37. The van der Waals surface area contributed by atoms with E-state index < -0.39 is 0 Å². The fraction of sp³-hybridized carbons (Fsp3) is 0.364. The summed E-state index contributed by atoms with van der Waals surface area (Å²) in [6, 6.07) is 8.91. The highest BCUT2D eigenvalue weighted by molar-refractivity contribution is 7.11. The fourth-order valence-electron chi connectivity index (χ4n) is 3.88. The maximum absolute atomic E-state index is 13.6. The third-order valence-electron chi connectivity index (χ3n) is 5.55. The Hall–Kier alpha value is -2.80. The predicted molar refractivity (Wildman–Crippen MR) is 113 cm³/mol. The standard InChI is InChI=1S/C22H24N2O4S/c1-14-8-10-23(11-9-14)20-19(18-5-4-12-29-18)21(25)24(22(20)26)16-13-15(27-2)6-7-17(16)28-3/h4-7,12-14H,8-11H2,1-3H3. The summed E-state index contributed by atoms with van der Waals surface area (Å²) in [7, 11) is 3.08. The van der Waals surface area contributed by atoms with Gasteiger partial charge >= 0.3 is 0 Å². The van der Waals surface area contributed by atoms with E-state index in [-0.39, 0.29) is 11.8 Å². The van der Waals surface area contributed by atoms with Gasteiger partial charge in [-0.2, -0.15) is 0 Å². The van der Waals surface area contributed by atoms with Gasteiger partial charge in [0.25, 0.3) is 11.8 Å². The van der Waals surface area contributed by atoms with E-state index in [0.717, 1.165) is 30.8 Å². The molecule has 1 aromatic heterocycles. The van der Waals surface area contributed by atoms with E-state index in [0.29, 0.717) is 34.4 Å². The van der Waals surface area contributed by atoms with E-state index >= 15 is 0 Å². The smallest absolute Gasteiger partial charge is 0.282 e. The lowest BCUT2D eigenvalue weighted by Gasteiger charge is -2.32. The fourth-order valence-corrected chi connectivity index (χ4v) is 4.64. The molecule has 2 amide bonds. The zero-order chi connectivity index (χ0) is 20.5. The molecule has 0 bridgehead atoms. The third kappa shape index (κ3) is 3.40. The Balaban J connectivity index is 1.81. The lowest BCUT2D eigenvalue weighted by atomic mass is 9.98. The number of amides is 2. The number of carbonyl (C=O) groups excluding carboxylic acids is 2. The van der Waals surface area contributed by atoms with Crippen LogP contribution in [0.4, 0.5) is 5.69 Å². The van der Waals surface area contributed by atoms with Gasteiger partial charge in [-0.25, -0.2) is 4.90 Å². The van der Waals surface area contributed by atoms with Crippen molar-refractivity contribution in [1.29, 1.82) is 0 Å². The second-order valence-corrected chi connectivity index (χ2v) is 8.30. The lowest BCUT2D eigenvalue weighted by Crippen LogP contribution is -2.38. The number of carbonyl (C=O) groups is 2. The van der Waals surface area contributed by atoms with Crippen molar-refractivity contribution in [1.82, 2.24) is 4.90 Å². The van der Waals surface area contributed by atoms with Gasteiger partial charge in [0.15, 0.2) is 0 Å². The molecule has 1 fully saturated rings. The number of piperidine rings is 1. The minimum atomic E-state index is -0.322. The zero-order valence-electron chi connectivity index (χ0n) is 16.8. The predicted octanol–water partition coefficient (Wildman–Crippen LogP) is 3.78. The molecule has 0 atom stereocenters. The maximum atomic E-state index is 13.6. The molecule has 2 aliphatic rings. The van der Waals surface area contributed by atoms with E-state index in [1.54, 1.807) is 25.3 Å². The van der Waals surface area contributed by atoms with Gasteiger partial charge in [-0.1, -0.05) is 13.0 Å². The molecule has 0 unspecified atom stereocenters. The van der Waals surface area contributed by atoms with Crippen molar-refractivity contribution in [3.63, 3.8) is 0 Å². The van der Waals surface area contributed by atoms with E-state index in [1.165, 1.54) is 23.3 Å². The van der Waals surface area contributed by atoms with Crippen molar-refractivity contribution in [2.45, 2.75) is 19.8 Å². The Bertz CT molecular complexity index is 959. The van der Waals surface area contributed by atoms with Crippen LogP contribution in [-0.4, -0.2) is 44.0 Å². The Morgan fingerprint density at radius 2 is 1.79 bits per heavy atom. The summed E-state index contributed by atoms with van der Waals surface area (Å²) in [5, 5.41) is 1.92. The minimum absolute atomic E-state index is 0.306. The molecule has 152 valence electrons. The van der Waals surface area contributed by atoms with Crippen LogP contribution in [0.3, 0.4) is 0 Å². The highest BCUT2D eigenvalue weighted by atomic mass is 32.1. The lowest BCUT2D eigenvalue weighted by molar-refractivity contribution is -0.120. The summed E-state index contributed by atoms with van der Waals surface area (Å²) in [5.74, 6) is 1.00. The SMILES string of the molecule is COc1ccc(OC)c(N2C(=O)C(c3cccs3)=C(N3CCC(C)CC3)C2=O)c1. The van der Waals surface area contributed by atoms with Crippen molar-refractivity contribution in [2.24, 2.45) is 5.92 Å². The molecule has 0 radical (unpaired) electrons. The van der Waals surface area contributed by atoms with Gasteiger partial charge in [0.05, 0.1) is 25.5 Å². The number of rotatable bonds is 5. The Labute approximate surface area is 174 Å². The van der Waals surface area contributed by atoms with Crippen molar-refractivity contribution in [3.8, 4) is 11.5 Å². The van der Waals surface area contributed by atoms with Crippen molar-refractivity contribution >= 4 is 34.4 Å². The van der Waals surface area contributed by atoms with E-state index in [9.17, 15) is 9.59 Å². The van der Waals surface area contributed by atoms with Gasteiger partial charge < -0.3 is 14.4 Å². The number of hydrogen-bond donors (Lipinski definition) is 0. The number of methoxy groups -OCH3 is 2. The van der Waals surface area contributed by atoms with Crippen LogP contribution in [0.25, 0.3) is 5.57 Å². The first-order chi connectivity index (χ1) is 14.0. The number of anilines is 1. The average Bonchev–Trinajstić information content (AvgIpc) is 3.34. The van der Waals surface area contributed by atoms with Crippen LogP contribution >= 0.6 is 11.3 Å². The molecule has 1 aromatic carbocycles. The number of benzene rings is 1. The summed E-state index contributed by atoms with van der Waals surface area (Å²) in [6.45, 7) is 3.77. The van der Waals surface area contributed by atoms with Gasteiger partial charge in [0, 0.05) is 24.0 Å². The average molecular weight is 413 g/mol. The molecular formula is C22H24N2O4S. The van der Waals surface area contributed by atoms with Gasteiger partial charge in [-0.05, 0) is 42.3 Å². The summed E-state index contributed by atoms with van der Waals surface area (Å²) < 4.78 is 10.8. The van der Waals surface area contributed by atoms with E-state index in [4.69, 9.17) is 9.47 Å². The molecule has 3 heterocycles. The monoisotopic (exact) mass is 412 g/mol. The zero-order valence-corrected chi connectivity index (χ0v) is 17.6. The normalized spacial score (nSPS) is 18.0. The van der Waals surface area contributed by atoms with Crippen LogP contribution in [-0.2, 0) is 9.59 Å². The maximum Gasteiger partial charge on any atom is 0.282 e. The van der Waals surface area contributed by atoms with Crippen LogP contribution in [0.5, 0.6) is 11.5 Å². The summed E-state index contributed by atoms with van der Waals surface area (Å²) in [4.78, 5) is 31.2. The first-order valence-electron chi connectivity index (χ1n) is 9.69. The van der Waals surface area contributed by atoms with Crippen molar-refractivity contribution < 1.29 is 19.1 Å². The highest BCUT2D eigenvalue weighted by Gasteiger charge is 2.44. The molecule has 2 aliphatic heterocycles. The second-order valence-electron chi connectivity index (χ2n) is 7.35.